The van der Waals surface area contributed by atoms with Crippen molar-refractivity contribution in [1.29, 1.82) is 0 Å². The molecule has 0 heterocycles. The molecule has 0 unspecified atom stereocenters. The van der Waals surface area contributed by atoms with Crippen LogP contribution in [0.3, 0.4) is 0 Å². The van der Waals surface area contributed by atoms with Gasteiger partial charge < -0.3 is 9.47 Å². The van der Waals surface area contributed by atoms with Crippen LogP contribution in [0.15, 0.2) is 46.6 Å². The summed E-state index contributed by atoms with van der Waals surface area (Å²) < 4.78 is 10.8. The maximum atomic E-state index is 12.9. The number of Topliss-reactive ketones (excluding diaryl/α,β-unsaturated/α-hetero) is 1. The zero-order chi connectivity index (χ0) is 16.3. The third-order valence-electron chi connectivity index (χ3n) is 3.91. The van der Waals surface area contributed by atoms with Gasteiger partial charge >= 0.3 is 0 Å². The Morgan fingerprint density at radius 3 is 2.41 bits per heavy atom. The molecule has 1 aliphatic carbocycles. The fourth-order valence-electron chi connectivity index (χ4n) is 2.61. The Morgan fingerprint density at radius 2 is 1.82 bits per heavy atom. The van der Waals surface area contributed by atoms with E-state index in [0.29, 0.717) is 22.4 Å². The topological polar surface area (TPSA) is 84.3 Å². The summed E-state index contributed by atoms with van der Waals surface area (Å²) in [6.45, 7) is 3.68. The van der Waals surface area contributed by atoms with Crippen LogP contribution in [0.2, 0.25) is 0 Å². The first kappa shape index (κ1) is 16.0. The highest BCUT2D eigenvalue weighted by molar-refractivity contribution is 6.27. The highest BCUT2D eigenvalue weighted by atomic mass is 16.7. The standard InChI is InChI=1S/C16H17N3O3/c1-10-9-13(12-7-5-6-8-14(12)18-19-17)15(20)16(21-3,22-4)11(10)2/h5-9H,1-4H3. The van der Waals surface area contributed by atoms with Gasteiger partial charge in [-0.25, -0.2) is 0 Å². The summed E-state index contributed by atoms with van der Waals surface area (Å²) in [7, 11) is 2.86. The second-order valence-electron chi connectivity index (χ2n) is 4.93. The van der Waals surface area contributed by atoms with Crippen LogP contribution in [0.5, 0.6) is 0 Å². The van der Waals surface area contributed by atoms with Crippen molar-refractivity contribution in [1.82, 2.24) is 0 Å². The molecular formula is C16H17N3O3. The molecule has 0 aromatic heterocycles. The molecule has 6 nitrogen and oxygen atoms in total. The lowest BCUT2D eigenvalue weighted by molar-refractivity contribution is -0.185. The summed E-state index contributed by atoms with van der Waals surface area (Å²) in [6.07, 6.45) is 1.76. The molecule has 0 saturated carbocycles. The lowest BCUT2D eigenvalue weighted by Gasteiger charge is -2.35. The van der Waals surface area contributed by atoms with Crippen molar-refractivity contribution in [2.75, 3.05) is 14.2 Å². The molecule has 0 spiro atoms. The highest BCUT2D eigenvalue weighted by Gasteiger charge is 2.46. The van der Waals surface area contributed by atoms with Gasteiger partial charge in [-0.2, -0.15) is 0 Å². The third kappa shape index (κ3) is 2.33. The lowest BCUT2D eigenvalue weighted by atomic mass is 9.83. The number of carbonyl (C=O) groups excluding carboxylic acids is 1. The first-order valence-corrected chi connectivity index (χ1v) is 6.71. The molecule has 22 heavy (non-hydrogen) atoms. The molecule has 2 rings (SSSR count). The molecule has 0 bridgehead atoms. The predicted molar refractivity (Wildman–Crippen MR) is 83.4 cm³/mol. The molecule has 1 aromatic carbocycles. The van der Waals surface area contributed by atoms with Crippen LogP contribution in [0.25, 0.3) is 16.0 Å². The van der Waals surface area contributed by atoms with Crippen LogP contribution in [0.1, 0.15) is 19.4 Å². The molecule has 0 radical (unpaired) electrons. The Hall–Kier alpha value is -2.40. The van der Waals surface area contributed by atoms with Crippen LogP contribution >= 0.6 is 0 Å². The summed E-state index contributed by atoms with van der Waals surface area (Å²) in [6, 6.07) is 6.92. The van der Waals surface area contributed by atoms with Crippen LogP contribution < -0.4 is 0 Å². The van der Waals surface area contributed by atoms with Gasteiger partial charge in [0.15, 0.2) is 0 Å². The summed E-state index contributed by atoms with van der Waals surface area (Å²) in [5.74, 6) is -1.77. The van der Waals surface area contributed by atoms with E-state index in [1.165, 1.54) is 14.2 Å². The SMILES string of the molecule is COC1(OC)C(=O)C(c2ccccc2N=[N+]=[N-])=CC(C)=C1C. The van der Waals surface area contributed by atoms with Gasteiger partial charge in [0.2, 0.25) is 5.78 Å². The predicted octanol–water partition coefficient (Wildman–Crippen LogP) is 3.92. The molecule has 0 atom stereocenters. The number of allylic oxidation sites excluding steroid dienone is 2. The Bertz CT molecular complexity index is 724. The fraction of sp³-hybridized carbons (Fsp3) is 0.312. The zero-order valence-electron chi connectivity index (χ0n) is 13.0. The van der Waals surface area contributed by atoms with Crippen LogP contribution in [0, 0.1) is 0 Å². The smallest absolute Gasteiger partial charge is 0.256 e. The number of hydrogen-bond acceptors (Lipinski definition) is 4. The molecule has 114 valence electrons. The van der Waals surface area contributed by atoms with Gasteiger partial charge in [0.1, 0.15) is 0 Å². The summed E-state index contributed by atoms with van der Waals surface area (Å²) in [4.78, 5) is 15.7. The molecule has 0 aliphatic heterocycles. The molecule has 6 heteroatoms. The van der Waals surface area contributed by atoms with Crippen LogP contribution in [0.4, 0.5) is 5.69 Å². The number of ketones is 1. The number of azide groups is 1. The Labute approximate surface area is 128 Å². The monoisotopic (exact) mass is 299 g/mol. The van der Waals surface area contributed by atoms with Gasteiger partial charge in [0.25, 0.3) is 5.79 Å². The van der Waals surface area contributed by atoms with Crippen molar-refractivity contribution in [3.05, 3.63) is 57.5 Å². The van der Waals surface area contributed by atoms with Gasteiger partial charge in [-0.1, -0.05) is 29.4 Å². The third-order valence-corrected chi connectivity index (χ3v) is 3.91. The maximum absolute atomic E-state index is 12.9. The van der Waals surface area contributed by atoms with E-state index >= 15 is 0 Å². The summed E-state index contributed by atoms with van der Waals surface area (Å²) in [5.41, 5.74) is 11.6. The van der Waals surface area contributed by atoms with Crippen molar-refractivity contribution >= 4 is 17.0 Å². The maximum Gasteiger partial charge on any atom is 0.256 e. The van der Waals surface area contributed by atoms with E-state index in [0.717, 1.165) is 5.57 Å². The van der Waals surface area contributed by atoms with E-state index in [9.17, 15) is 4.79 Å². The van der Waals surface area contributed by atoms with Crippen molar-refractivity contribution in [3.63, 3.8) is 0 Å². The zero-order valence-corrected chi connectivity index (χ0v) is 13.0. The molecule has 1 aromatic rings. The van der Waals surface area contributed by atoms with Crippen molar-refractivity contribution in [2.45, 2.75) is 19.6 Å². The first-order chi connectivity index (χ1) is 10.5. The Kier molecular flexibility index (Phi) is 4.47. The second kappa shape index (κ2) is 6.15. The van der Waals surface area contributed by atoms with Gasteiger partial charge in [0, 0.05) is 30.4 Å². The quantitative estimate of drug-likeness (QED) is 0.365. The number of carbonyl (C=O) groups is 1. The van der Waals surface area contributed by atoms with Gasteiger partial charge in [-0.15, -0.1) is 0 Å². The number of rotatable bonds is 4. The molecular weight excluding hydrogens is 282 g/mol. The largest absolute Gasteiger partial charge is 0.343 e. The number of ether oxygens (including phenoxy) is 2. The van der Waals surface area contributed by atoms with Gasteiger partial charge in [-0.05, 0) is 42.2 Å². The Balaban J connectivity index is 2.70. The molecule has 0 saturated heterocycles. The van der Waals surface area contributed by atoms with E-state index < -0.39 is 5.79 Å². The lowest BCUT2D eigenvalue weighted by Crippen LogP contribution is -2.46. The number of hydrogen-bond donors (Lipinski definition) is 0. The number of methoxy groups -OCH3 is 2. The van der Waals surface area contributed by atoms with Gasteiger partial charge in [0.05, 0.1) is 0 Å². The van der Waals surface area contributed by atoms with E-state index in [4.69, 9.17) is 15.0 Å². The fourth-order valence-corrected chi connectivity index (χ4v) is 2.61. The van der Waals surface area contributed by atoms with Crippen LogP contribution in [-0.4, -0.2) is 25.8 Å². The van der Waals surface area contributed by atoms with E-state index in [2.05, 4.69) is 10.0 Å². The molecule has 0 fully saturated rings. The average molecular weight is 299 g/mol. The van der Waals surface area contributed by atoms with Gasteiger partial charge in [-0.3, -0.25) is 4.79 Å². The molecule has 1 aliphatic rings. The normalized spacial score (nSPS) is 17.1. The number of benzene rings is 1. The van der Waals surface area contributed by atoms with Crippen molar-refractivity contribution in [2.24, 2.45) is 5.11 Å². The van der Waals surface area contributed by atoms with Crippen molar-refractivity contribution < 1.29 is 14.3 Å². The van der Waals surface area contributed by atoms with Crippen LogP contribution in [-0.2, 0) is 14.3 Å². The molecule has 0 amide bonds. The average Bonchev–Trinajstić information content (AvgIpc) is 2.54. The minimum Gasteiger partial charge on any atom is -0.343 e. The minimum absolute atomic E-state index is 0.318. The van der Waals surface area contributed by atoms with Crippen molar-refractivity contribution in [3.8, 4) is 0 Å². The highest BCUT2D eigenvalue weighted by Crippen LogP contribution is 2.39. The molecule has 0 N–H and O–H groups in total. The minimum atomic E-state index is -1.45. The van der Waals surface area contributed by atoms with E-state index in [1.54, 1.807) is 37.3 Å². The second-order valence-corrected chi connectivity index (χ2v) is 4.93. The Morgan fingerprint density at radius 1 is 1.18 bits per heavy atom. The first-order valence-electron chi connectivity index (χ1n) is 6.71. The number of nitrogens with zero attached hydrogens (tertiary/aromatic N) is 3. The summed E-state index contributed by atoms with van der Waals surface area (Å²) >= 11 is 0. The van der Waals surface area contributed by atoms with E-state index in [1.807, 2.05) is 6.92 Å². The van der Waals surface area contributed by atoms with E-state index in [-0.39, 0.29) is 5.78 Å². The summed E-state index contributed by atoms with van der Waals surface area (Å²) in [5, 5.41) is 3.65.